The van der Waals surface area contributed by atoms with Gasteiger partial charge in [0.05, 0.1) is 5.60 Å². The number of rotatable bonds is 3. The quantitative estimate of drug-likeness (QED) is 0.820. The van der Waals surface area contributed by atoms with E-state index in [9.17, 15) is 5.11 Å². The predicted molar refractivity (Wildman–Crippen MR) is 65.2 cm³/mol. The van der Waals surface area contributed by atoms with Crippen LogP contribution in [0.15, 0.2) is 36.7 Å². The van der Waals surface area contributed by atoms with Gasteiger partial charge in [-0.1, -0.05) is 18.2 Å². The lowest BCUT2D eigenvalue weighted by Crippen LogP contribution is -2.33. The van der Waals surface area contributed by atoms with Gasteiger partial charge in [-0.05, 0) is 31.0 Å². The molecule has 0 bridgehead atoms. The number of hydrogen-bond acceptors (Lipinski definition) is 3. The summed E-state index contributed by atoms with van der Waals surface area (Å²) in [6.07, 6.45) is 3.57. The summed E-state index contributed by atoms with van der Waals surface area (Å²) in [6, 6.07) is 7.85. The minimum atomic E-state index is -0.865. The summed E-state index contributed by atoms with van der Waals surface area (Å²) < 4.78 is 0. The molecule has 2 rings (SSSR count). The Labute approximate surface area is 95.1 Å². The Morgan fingerprint density at radius 2 is 2.19 bits per heavy atom. The fourth-order valence-electron chi connectivity index (χ4n) is 2.03. The van der Waals surface area contributed by atoms with Crippen LogP contribution in [0.3, 0.4) is 0 Å². The maximum atomic E-state index is 10.4. The molecule has 0 radical (unpaired) electrons. The van der Waals surface area contributed by atoms with Crippen LogP contribution < -0.4 is 5.32 Å². The second kappa shape index (κ2) is 4.20. The Morgan fingerprint density at radius 3 is 2.94 bits per heavy atom. The van der Waals surface area contributed by atoms with Crippen LogP contribution in [0.25, 0.3) is 10.8 Å². The second-order valence-electron chi connectivity index (χ2n) is 4.21. The van der Waals surface area contributed by atoms with Crippen molar-refractivity contribution in [2.75, 3.05) is 13.6 Å². The van der Waals surface area contributed by atoms with E-state index in [1.54, 1.807) is 6.20 Å². The Bertz CT molecular complexity index is 489. The molecule has 2 N–H and O–H groups in total. The summed E-state index contributed by atoms with van der Waals surface area (Å²) in [5.41, 5.74) is 0.0667. The minimum Gasteiger partial charge on any atom is -0.384 e. The number of fused-ring (bicyclic) bond motifs is 1. The molecule has 1 heterocycles. The van der Waals surface area contributed by atoms with E-state index in [-0.39, 0.29) is 0 Å². The van der Waals surface area contributed by atoms with E-state index >= 15 is 0 Å². The molecule has 16 heavy (non-hydrogen) atoms. The van der Waals surface area contributed by atoms with Crippen molar-refractivity contribution in [3.05, 3.63) is 42.2 Å². The zero-order valence-corrected chi connectivity index (χ0v) is 9.57. The van der Waals surface area contributed by atoms with Crippen LogP contribution in [0.5, 0.6) is 0 Å². The molecule has 1 atom stereocenters. The van der Waals surface area contributed by atoms with Crippen molar-refractivity contribution in [1.82, 2.24) is 10.3 Å². The van der Waals surface area contributed by atoms with E-state index in [0.29, 0.717) is 6.54 Å². The Balaban J connectivity index is 2.60. The third kappa shape index (κ3) is 1.92. The van der Waals surface area contributed by atoms with E-state index < -0.39 is 5.60 Å². The van der Waals surface area contributed by atoms with Crippen LogP contribution in [-0.4, -0.2) is 23.7 Å². The molecular weight excluding hydrogens is 200 g/mol. The average Bonchev–Trinajstić information content (AvgIpc) is 2.28. The van der Waals surface area contributed by atoms with Crippen LogP contribution in [0.4, 0.5) is 0 Å². The summed E-state index contributed by atoms with van der Waals surface area (Å²) in [5, 5.41) is 15.5. The molecule has 0 aliphatic carbocycles. The molecule has 0 fully saturated rings. The molecule has 84 valence electrons. The smallest absolute Gasteiger partial charge is 0.0998 e. The van der Waals surface area contributed by atoms with Gasteiger partial charge < -0.3 is 10.4 Å². The monoisotopic (exact) mass is 216 g/mol. The summed E-state index contributed by atoms with van der Waals surface area (Å²) in [5.74, 6) is 0. The van der Waals surface area contributed by atoms with Crippen molar-refractivity contribution in [3.63, 3.8) is 0 Å². The Hall–Kier alpha value is -1.45. The van der Waals surface area contributed by atoms with E-state index in [4.69, 9.17) is 0 Å². The first-order valence-electron chi connectivity index (χ1n) is 5.35. The van der Waals surface area contributed by atoms with Gasteiger partial charge in [-0.2, -0.15) is 0 Å². The first-order chi connectivity index (χ1) is 7.65. The summed E-state index contributed by atoms with van der Waals surface area (Å²) in [4.78, 5) is 4.08. The van der Waals surface area contributed by atoms with Crippen LogP contribution in [-0.2, 0) is 5.60 Å². The van der Waals surface area contributed by atoms with Crippen molar-refractivity contribution in [2.24, 2.45) is 0 Å². The second-order valence-corrected chi connectivity index (χ2v) is 4.21. The molecular formula is C13H16N2O. The van der Waals surface area contributed by atoms with Gasteiger partial charge >= 0.3 is 0 Å². The average molecular weight is 216 g/mol. The SMILES string of the molecule is CNCC(C)(O)c1cccc2cnccc12. The summed E-state index contributed by atoms with van der Waals surface area (Å²) in [7, 11) is 1.83. The first-order valence-corrected chi connectivity index (χ1v) is 5.35. The van der Waals surface area contributed by atoms with Gasteiger partial charge in [0.15, 0.2) is 0 Å². The summed E-state index contributed by atoms with van der Waals surface area (Å²) in [6.45, 7) is 2.34. The molecule has 1 unspecified atom stereocenters. The largest absolute Gasteiger partial charge is 0.384 e. The fraction of sp³-hybridized carbons (Fsp3) is 0.308. The number of nitrogens with zero attached hydrogens (tertiary/aromatic N) is 1. The van der Waals surface area contributed by atoms with Gasteiger partial charge in [-0.15, -0.1) is 0 Å². The van der Waals surface area contributed by atoms with Crippen molar-refractivity contribution in [1.29, 1.82) is 0 Å². The number of benzene rings is 1. The third-order valence-electron chi connectivity index (χ3n) is 2.78. The van der Waals surface area contributed by atoms with Crippen LogP contribution in [0.1, 0.15) is 12.5 Å². The minimum absolute atomic E-state index is 0.522. The lowest BCUT2D eigenvalue weighted by molar-refractivity contribution is 0.0607. The molecule has 0 spiro atoms. The number of nitrogens with one attached hydrogen (secondary N) is 1. The van der Waals surface area contributed by atoms with Crippen molar-refractivity contribution in [2.45, 2.75) is 12.5 Å². The molecule has 2 aromatic rings. The van der Waals surface area contributed by atoms with Gasteiger partial charge in [-0.3, -0.25) is 4.98 Å². The normalized spacial score (nSPS) is 14.9. The molecule has 0 saturated carbocycles. The number of pyridine rings is 1. The van der Waals surface area contributed by atoms with E-state index in [1.165, 1.54) is 0 Å². The van der Waals surface area contributed by atoms with Crippen molar-refractivity contribution < 1.29 is 5.11 Å². The van der Waals surface area contributed by atoms with E-state index in [1.807, 2.05) is 44.4 Å². The van der Waals surface area contributed by atoms with Gasteiger partial charge in [-0.25, -0.2) is 0 Å². The predicted octanol–water partition coefficient (Wildman–Crippen LogP) is 1.66. The third-order valence-corrected chi connectivity index (χ3v) is 2.78. The molecule has 0 aliphatic rings. The van der Waals surface area contributed by atoms with Crippen molar-refractivity contribution in [3.8, 4) is 0 Å². The molecule has 0 aliphatic heterocycles. The van der Waals surface area contributed by atoms with Gasteiger partial charge in [0.2, 0.25) is 0 Å². The highest BCUT2D eigenvalue weighted by molar-refractivity contribution is 5.85. The van der Waals surface area contributed by atoms with Crippen LogP contribution in [0, 0.1) is 0 Å². The molecule has 1 aromatic heterocycles. The van der Waals surface area contributed by atoms with Gasteiger partial charge in [0.1, 0.15) is 0 Å². The number of aliphatic hydroxyl groups is 1. The maximum absolute atomic E-state index is 10.4. The van der Waals surface area contributed by atoms with Crippen molar-refractivity contribution >= 4 is 10.8 Å². The highest BCUT2D eigenvalue weighted by Crippen LogP contribution is 2.27. The van der Waals surface area contributed by atoms with Gasteiger partial charge in [0.25, 0.3) is 0 Å². The molecule has 0 amide bonds. The zero-order chi connectivity index (χ0) is 11.6. The topological polar surface area (TPSA) is 45.1 Å². The molecule has 3 nitrogen and oxygen atoms in total. The lowest BCUT2D eigenvalue weighted by atomic mass is 9.91. The zero-order valence-electron chi connectivity index (χ0n) is 9.57. The van der Waals surface area contributed by atoms with Crippen LogP contribution >= 0.6 is 0 Å². The number of likely N-dealkylation sites (N-methyl/N-ethyl adjacent to an activating group) is 1. The van der Waals surface area contributed by atoms with E-state index in [2.05, 4.69) is 10.3 Å². The maximum Gasteiger partial charge on any atom is 0.0998 e. The lowest BCUT2D eigenvalue weighted by Gasteiger charge is -2.25. The highest BCUT2D eigenvalue weighted by atomic mass is 16.3. The molecule has 1 aromatic carbocycles. The highest BCUT2D eigenvalue weighted by Gasteiger charge is 2.23. The molecule has 0 saturated heterocycles. The molecule has 3 heteroatoms. The standard InChI is InChI=1S/C13H16N2O/c1-13(16,9-14-2)12-5-3-4-10-8-15-7-6-11(10)12/h3-8,14,16H,9H2,1-2H3. The first kappa shape index (κ1) is 11.0. The van der Waals surface area contributed by atoms with Gasteiger partial charge in [0, 0.05) is 24.3 Å². The number of hydrogen-bond donors (Lipinski definition) is 2. The fourth-order valence-corrected chi connectivity index (χ4v) is 2.03. The van der Waals surface area contributed by atoms with Crippen LogP contribution in [0.2, 0.25) is 0 Å². The Kier molecular flexibility index (Phi) is 2.90. The number of aromatic nitrogens is 1. The van der Waals surface area contributed by atoms with E-state index in [0.717, 1.165) is 16.3 Å². The Morgan fingerprint density at radius 1 is 1.38 bits per heavy atom. The summed E-state index contributed by atoms with van der Waals surface area (Å²) >= 11 is 0.